The van der Waals surface area contributed by atoms with Crippen molar-refractivity contribution in [3.05, 3.63) is 59.7 Å². The standard InChI is InChI=1S/C19H22F2N2O3S/c1-4-22(5-2)27(25,26)18-13-14(7-12-17(18)21)19(24)23(6-3)16-10-8-15(20)9-11-16/h7-13H,4-6H2,1-3H3. The number of anilines is 1. The van der Waals surface area contributed by atoms with Gasteiger partial charge in [0.2, 0.25) is 10.0 Å². The number of hydrogen-bond acceptors (Lipinski definition) is 3. The SMILES string of the molecule is CCN(C(=O)c1ccc(F)c(S(=O)(=O)N(CC)CC)c1)c1ccc(F)cc1. The first kappa shape index (κ1) is 21.0. The van der Waals surface area contributed by atoms with E-state index >= 15 is 0 Å². The van der Waals surface area contributed by atoms with Crippen molar-refractivity contribution in [2.75, 3.05) is 24.5 Å². The van der Waals surface area contributed by atoms with E-state index in [1.807, 2.05) is 0 Å². The summed E-state index contributed by atoms with van der Waals surface area (Å²) in [4.78, 5) is 13.7. The Morgan fingerprint density at radius 2 is 1.52 bits per heavy atom. The summed E-state index contributed by atoms with van der Waals surface area (Å²) in [5, 5.41) is 0. The molecule has 0 radical (unpaired) electrons. The summed E-state index contributed by atoms with van der Waals surface area (Å²) in [5.74, 6) is -1.85. The number of halogens is 2. The average molecular weight is 396 g/mol. The van der Waals surface area contributed by atoms with E-state index in [1.54, 1.807) is 20.8 Å². The molecular formula is C19H22F2N2O3S. The molecule has 2 rings (SSSR count). The molecule has 0 aliphatic carbocycles. The van der Waals surface area contributed by atoms with Gasteiger partial charge >= 0.3 is 0 Å². The molecule has 0 bridgehead atoms. The fourth-order valence-electron chi connectivity index (χ4n) is 2.76. The molecule has 8 heteroatoms. The van der Waals surface area contributed by atoms with Gasteiger partial charge in [0.1, 0.15) is 16.5 Å². The number of sulfonamides is 1. The molecule has 0 heterocycles. The molecule has 146 valence electrons. The van der Waals surface area contributed by atoms with E-state index in [1.165, 1.54) is 35.2 Å². The fraction of sp³-hybridized carbons (Fsp3) is 0.316. The monoisotopic (exact) mass is 396 g/mol. The average Bonchev–Trinajstić information content (AvgIpc) is 2.64. The van der Waals surface area contributed by atoms with Crippen LogP contribution >= 0.6 is 0 Å². The lowest BCUT2D eigenvalue weighted by atomic mass is 10.1. The minimum atomic E-state index is -4.05. The quantitative estimate of drug-likeness (QED) is 0.718. The van der Waals surface area contributed by atoms with Crippen molar-refractivity contribution in [2.45, 2.75) is 25.7 Å². The van der Waals surface area contributed by atoms with Gasteiger partial charge in [-0.05, 0) is 49.4 Å². The lowest BCUT2D eigenvalue weighted by Crippen LogP contribution is -2.33. The topological polar surface area (TPSA) is 57.7 Å². The summed E-state index contributed by atoms with van der Waals surface area (Å²) < 4.78 is 53.8. The maximum Gasteiger partial charge on any atom is 0.258 e. The summed E-state index contributed by atoms with van der Waals surface area (Å²) in [5.41, 5.74) is 0.495. The molecule has 0 aliphatic rings. The van der Waals surface area contributed by atoms with Crippen LogP contribution in [0.3, 0.4) is 0 Å². The van der Waals surface area contributed by atoms with Crippen molar-refractivity contribution in [3.8, 4) is 0 Å². The smallest absolute Gasteiger partial charge is 0.258 e. The Bertz CT molecular complexity index is 911. The first-order valence-corrected chi connectivity index (χ1v) is 10.1. The second-order valence-electron chi connectivity index (χ2n) is 5.76. The number of carbonyl (C=O) groups is 1. The molecule has 0 spiro atoms. The zero-order chi connectivity index (χ0) is 20.2. The van der Waals surface area contributed by atoms with Crippen LogP contribution < -0.4 is 4.90 Å². The highest BCUT2D eigenvalue weighted by molar-refractivity contribution is 7.89. The second-order valence-corrected chi connectivity index (χ2v) is 7.67. The Kier molecular flexibility index (Phi) is 6.67. The van der Waals surface area contributed by atoms with Gasteiger partial charge in [0, 0.05) is 30.9 Å². The molecule has 2 aromatic rings. The number of rotatable bonds is 7. The van der Waals surface area contributed by atoms with Crippen LogP contribution in [-0.4, -0.2) is 38.3 Å². The Labute approximate surface area is 158 Å². The van der Waals surface area contributed by atoms with Crippen LogP contribution in [0.15, 0.2) is 47.4 Å². The number of carbonyl (C=O) groups excluding carboxylic acids is 1. The third-order valence-corrected chi connectivity index (χ3v) is 6.27. The zero-order valence-corrected chi connectivity index (χ0v) is 16.3. The van der Waals surface area contributed by atoms with Gasteiger partial charge in [-0.15, -0.1) is 0 Å². The van der Waals surface area contributed by atoms with Crippen molar-refractivity contribution in [3.63, 3.8) is 0 Å². The molecule has 0 saturated carbocycles. The van der Waals surface area contributed by atoms with Gasteiger partial charge in [-0.1, -0.05) is 13.8 Å². The maximum absolute atomic E-state index is 14.2. The molecule has 0 fully saturated rings. The largest absolute Gasteiger partial charge is 0.309 e. The second kappa shape index (κ2) is 8.58. The van der Waals surface area contributed by atoms with Crippen LogP contribution in [0.25, 0.3) is 0 Å². The van der Waals surface area contributed by atoms with Crippen LogP contribution in [-0.2, 0) is 10.0 Å². The lowest BCUT2D eigenvalue weighted by molar-refractivity contribution is 0.0988. The van der Waals surface area contributed by atoms with Gasteiger partial charge in [0.05, 0.1) is 0 Å². The van der Waals surface area contributed by atoms with Crippen molar-refractivity contribution in [1.82, 2.24) is 4.31 Å². The minimum absolute atomic E-state index is 0.0355. The zero-order valence-electron chi connectivity index (χ0n) is 15.4. The van der Waals surface area contributed by atoms with E-state index < -0.39 is 32.5 Å². The molecule has 0 atom stereocenters. The Hall–Kier alpha value is -2.32. The van der Waals surface area contributed by atoms with Gasteiger partial charge < -0.3 is 4.90 Å². The van der Waals surface area contributed by atoms with Crippen molar-refractivity contribution in [2.24, 2.45) is 0 Å². The van der Waals surface area contributed by atoms with Crippen LogP contribution in [0.5, 0.6) is 0 Å². The van der Waals surface area contributed by atoms with Crippen LogP contribution in [0.2, 0.25) is 0 Å². The van der Waals surface area contributed by atoms with Crippen molar-refractivity contribution in [1.29, 1.82) is 0 Å². The van der Waals surface area contributed by atoms with E-state index in [0.29, 0.717) is 5.69 Å². The summed E-state index contributed by atoms with van der Waals surface area (Å²) in [7, 11) is -4.05. The summed E-state index contributed by atoms with van der Waals surface area (Å²) >= 11 is 0. The minimum Gasteiger partial charge on any atom is -0.309 e. The molecule has 0 unspecified atom stereocenters. The Morgan fingerprint density at radius 3 is 2.04 bits per heavy atom. The van der Waals surface area contributed by atoms with Crippen molar-refractivity contribution >= 4 is 21.6 Å². The van der Waals surface area contributed by atoms with Gasteiger partial charge in [-0.3, -0.25) is 4.79 Å². The number of hydrogen-bond donors (Lipinski definition) is 0. The summed E-state index contributed by atoms with van der Waals surface area (Å²) in [6.45, 7) is 5.70. The van der Waals surface area contributed by atoms with E-state index in [0.717, 1.165) is 16.4 Å². The van der Waals surface area contributed by atoms with Gasteiger partial charge in [-0.2, -0.15) is 4.31 Å². The van der Waals surface area contributed by atoms with Gasteiger partial charge in [0.25, 0.3) is 5.91 Å². The molecule has 27 heavy (non-hydrogen) atoms. The number of nitrogens with zero attached hydrogens (tertiary/aromatic N) is 2. The third kappa shape index (κ3) is 4.33. The molecule has 5 nitrogen and oxygen atoms in total. The summed E-state index contributed by atoms with van der Waals surface area (Å²) in [6, 6.07) is 8.63. The molecular weight excluding hydrogens is 374 g/mol. The van der Waals surface area contributed by atoms with E-state index in [2.05, 4.69) is 0 Å². The Morgan fingerprint density at radius 1 is 0.926 bits per heavy atom. The van der Waals surface area contributed by atoms with E-state index in [9.17, 15) is 22.0 Å². The van der Waals surface area contributed by atoms with E-state index in [4.69, 9.17) is 0 Å². The third-order valence-electron chi connectivity index (χ3n) is 4.20. The maximum atomic E-state index is 14.2. The lowest BCUT2D eigenvalue weighted by Gasteiger charge is -2.22. The van der Waals surface area contributed by atoms with E-state index in [-0.39, 0.29) is 25.2 Å². The normalized spacial score (nSPS) is 11.6. The molecule has 0 aliphatic heterocycles. The van der Waals surface area contributed by atoms with Gasteiger partial charge in [-0.25, -0.2) is 17.2 Å². The predicted molar refractivity (Wildman–Crippen MR) is 100 cm³/mol. The predicted octanol–water partition coefficient (Wildman–Crippen LogP) is 3.66. The first-order valence-electron chi connectivity index (χ1n) is 8.63. The molecule has 2 aromatic carbocycles. The van der Waals surface area contributed by atoms with Crippen LogP contribution in [0, 0.1) is 11.6 Å². The number of benzene rings is 2. The highest BCUT2D eigenvalue weighted by atomic mass is 32.2. The molecule has 1 amide bonds. The summed E-state index contributed by atoms with van der Waals surface area (Å²) in [6.07, 6.45) is 0. The fourth-order valence-corrected chi connectivity index (χ4v) is 4.31. The Balaban J connectivity index is 2.47. The highest BCUT2D eigenvalue weighted by Gasteiger charge is 2.27. The van der Waals surface area contributed by atoms with Crippen LogP contribution in [0.4, 0.5) is 14.5 Å². The number of amides is 1. The molecule has 0 N–H and O–H groups in total. The van der Waals surface area contributed by atoms with Crippen molar-refractivity contribution < 1.29 is 22.0 Å². The van der Waals surface area contributed by atoms with Gasteiger partial charge in [0.15, 0.2) is 0 Å². The van der Waals surface area contributed by atoms with Crippen LogP contribution in [0.1, 0.15) is 31.1 Å². The first-order chi connectivity index (χ1) is 12.8. The molecule has 0 aromatic heterocycles. The highest BCUT2D eigenvalue weighted by Crippen LogP contribution is 2.23. The molecule has 0 saturated heterocycles.